The lowest BCUT2D eigenvalue weighted by Gasteiger charge is -2.16. The van der Waals surface area contributed by atoms with Crippen molar-refractivity contribution in [2.45, 2.75) is 51.4 Å². The zero-order valence-corrected chi connectivity index (χ0v) is 18.1. The number of amides is 2. The summed E-state index contributed by atoms with van der Waals surface area (Å²) in [7, 11) is 0. The quantitative estimate of drug-likeness (QED) is 0.545. The molecule has 3 aromatic rings. The fourth-order valence-corrected chi connectivity index (χ4v) is 3.55. The van der Waals surface area contributed by atoms with Gasteiger partial charge in [-0.25, -0.2) is 0 Å². The number of nitrogens with zero attached hydrogens (tertiary/aromatic N) is 4. The fourth-order valence-electron chi connectivity index (χ4n) is 3.55. The number of benzene rings is 1. The highest BCUT2D eigenvalue weighted by Gasteiger charge is 2.39. The predicted octanol–water partition coefficient (Wildman–Crippen LogP) is 4.45. The maximum absolute atomic E-state index is 13.2. The second-order valence-corrected chi connectivity index (χ2v) is 7.90. The summed E-state index contributed by atoms with van der Waals surface area (Å²) in [6.45, 7) is 3.91. The number of aryl methyl sites for hydroxylation is 1. The van der Waals surface area contributed by atoms with Gasteiger partial charge in [0.2, 0.25) is 5.91 Å². The normalized spacial score (nSPS) is 14.7. The third-order valence-electron chi connectivity index (χ3n) is 5.43. The van der Waals surface area contributed by atoms with Crippen LogP contribution in [0.3, 0.4) is 0 Å². The van der Waals surface area contributed by atoms with Crippen LogP contribution < -0.4 is 10.6 Å². The van der Waals surface area contributed by atoms with Gasteiger partial charge in [0, 0.05) is 35.7 Å². The van der Waals surface area contributed by atoms with Crippen LogP contribution in [0.5, 0.6) is 0 Å². The van der Waals surface area contributed by atoms with Crippen LogP contribution >= 0.6 is 0 Å². The van der Waals surface area contributed by atoms with Crippen LogP contribution in [0.2, 0.25) is 0 Å². The first-order valence-corrected chi connectivity index (χ1v) is 10.6. The van der Waals surface area contributed by atoms with Crippen molar-refractivity contribution in [3.05, 3.63) is 59.7 Å². The van der Waals surface area contributed by atoms with E-state index in [1.807, 2.05) is 6.92 Å². The van der Waals surface area contributed by atoms with Gasteiger partial charge in [-0.2, -0.15) is 23.4 Å². The van der Waals surface area contributed by atoms with Crippen molar-refractivity contribution in [2.75, 3.05) is 10.6 Å². The number of rotatable bonds is 7. The maximum atomic E-state index is 13.2. The highest BCUT2D eigenvalue weighted by atomic mass is 19.4. The largest absolute Gasteiger partial charge is 0.435 e. The van der Waals surface area contributed by atoms with E-state index in [-0.39, 0.29) is 11.8 Å². The number of anilines is 2. The number of hydrogen-bond acceptors (Lipinski definition) is 4. The number of nitrogens with one attached hydrogen (secondary N) is 2. The Morgan fingerprint density at radius 3 is 2.48 bits per heavy atom. The second kappa shape index (κ2) is 8.72. The van der Waals surface area contributed by atoms with E-state index in [4.69, 9.17) is 0 Å². The molecule has 0 bridgehead atoms. The standard InChI is InChI=1S/C22H23F3N6O2/c1-3-30-17(9-10-26-30)21(33)28-16-6-4-5-15(11-16)27-20(32)13(2)31-18(14-7-8-14)12-19(29-31)22(23,24)25/h4-6,9-14H,3,7-8H2,1-2H3,(H,27,32)(H,28,33). The summed E-state index contributed by atoms with van der Waals surface area (Å²) in [5, 5.41) is 13.2. The molecule has 1 aliphatic rings. The third kappa shape index (κ3) is 4.91. The lowest BCUT2D eigenvalue weighted by atomic mass is 10.2. The molecule has 2 aromatic heterocycles. The van der Waals surface area contributed by atoms with Crippen LogP contribution in [0.25, 0.3) is 0 Å². The van der Waals surface area contributed by atoms with E-state index in [0.29, 0.717) is 29.3 Å². The number of hydrogen-bond donors (Lipinski definition) is 2. The topological polar surface area (TPSA) is 93.8 Å². The molecule has 0 radical (unpaired) electrons. The van der Waals surface area contributed by atoms with Crippen molar-refractivity contribution in [1.29, 1.82) is 0 Å². The Hall–Kier alpha value is -3.63. The summed E-state index contributed by atoms with van der Waals surface area (Å²) in [5.74, 6) is -0.878. The molecule has 4 rings (SSSR count). The number of carbonyl (C=O) groups is 2. The van der Waals surface area contributed by atoms with E-state index in [0.717, 1.165) is 23.6 Å². The van der Waals surface area contributed by atoms with E-state index in [1.54, 1.807) is 35.0 Å². The molecule has 0 spiro atoms. The number of halogens is 3. The molecule has 11 heteroatoms. The van der Waals surface area contributed by atoms with Crippen LogP contribution in [0.15, 0.2) is 42.6 Å². The molecular formula is C22H23F3N6O2. The molecule has 1 atom stereocenters. The van der Waals surface area contributed by atoms with Gasteiger partial charge < -0.3 is 10.6 Å². The van der Waals surface area contributed by atoms with Crippen molar-refractivity contribution in [2.24, 2.45) is 0 Å². The smallest absolute Gasteiger partial charge is 0.324 e. The minimum absolute atomic E-state index is 0.0149. The molecule has 1 fully saturated rings. The van der Waals surface area contributed by atoms with Gasteiger partial charge >= 0.3 is 6.18 Å². The monoisotopic (exact) mass is 460 g/mol. The second-order valence-electron chi connectivity index (χ2n) is 7.90. The Balaban J connectivity index is 1.48. The van der Waals surface area contributed by atoms with Gasteiger partial charge in [0.1, 0.15) is 11.7 Å². The van der Waals surface area contributed by atoms with Gasteiger partial charge in [-0.3, -0.25) is 19.0 Å². The van der Waals surface area contributed by atoms with Gasteiger partial charge in [-0.05, 0) is 57.0 Å². The van der Waals surface area contributed by atoms with Crippen molar-refractivity contribution < 1.29 is 22.8 Å². The van der Waals surface area contributed by atoms with Crippen molar-refractivity contribution in [3.8, 4) is 0 Å². The van der Waals surface area contributed by atoms with Crippen LogP contribution in [-0.2, 0) is 17.5 Å². The molecule has 8 nitrogen and oxygen atoms in total. The van der Waals surface area contributed by atoms with Crippen LogP contribution in [-0.4, -0.2) is 31.4 Å². The fraction of sp³-hybridized carbons (Fsp3) is 0.364. The Bertz CT molecular complexity index is 1180. The van der Waals surface area contributed by atoms with Crippen LogP contribution in [0, 0.1) is 0 Å². The molecule has 2 heterocycles. The summed E-state index contributed by atoms with van der Waals surface area (Å²) < 4.78 is 42.2. The van der Waals surface area contributed by atoms with Gasteiger partial charge in [0.15, 0.2) is 5.69 Å². The van der Waals surface area contributed by atoms with Gasteiger partial charge in [0.05, 0.1) is 0 Å². The lowest BCUT2D eigenvalue weighted by molar-refractivity contribution is -0.141. The van der Waals surface area contributed by atoms with E-state index in [1.165, 1.54) is 13.1 Å². The average Bonchev–Trinajstić information content (AvgIpc) is 3.32. The summed E-state index contributed by atoms with van der Waals surface area (Å²) in [6, 6.07) is 8.19. The molecule has 1 aromatic carbocycles. The maximum Gasteiger partial charge on any atom is 0.435 e. The number of alkyl halides is 3. The summed E-state index contributed by atoms with van der Waals surface area (Å²) in [4.78, 5) is 25.3. The molecule has 1 unspecified atom stereocenters. The van der Waals surface area contributed by atoms with Crippen LogP contribution in [0.1, 0.15) is 60.5 Å². The van der Waals surface area contributed by atoms with Gasteiger partial charge in [-0.1, -0.05) is 6.07 Å². The molecule has 1 aliphatic carbocycles. The third-order valence-corrected chi connectivity index (χ3v) is 5.43. The van der Waals surface area contributed by atoms with Crippen molar-refractivity contribution in [1.82, 2.24) is 19.6 Å². The highest BCUT2D eigenvalue weighted by Crippen LogP contribution is 2.43. The molecular weight excluding hydrogens is 437 g/mol. The van der Waals surface area contributed by atoms with Crippen LogP contribution in [0.4, 0.5) is 24.5 Å². The van der Waals surface area contributed by atoms with E-state index < -0.39 is 23.8 Å². The van der Waals surface area contributed by atoms with E-state index in [2.05, 4.69) is 20.8 Å². The molecule has 2 N–H and O–H groups in total. The molecule has 2 amide bonds. The summed E-state index contributed by atoms with van der Waals surface area (Å²) in [5.41, 5.74) is 0.655. The first-order valence-electron chi connectivity index (χ1n) is 10.6. The molecule has 0 saturated heterocycles. The summed E-state index contributed by atoms with van der Waals surface area (Å²) >= 11 is 0. The van der Waals surface area contributed by atoms with Crippen molar-refractivity contribution >= 4 is 23.2 Å². The molecule has 174 valence electrons. The average molecular weight is 460 g/mol. The SMILES string of the molecule is CCn1nccc1C(=O)Nc1cccc(NC(=O)C(C)n2nc(C(F)(F)F)cc2C2CC2)c1. The lowest BCUT2D eigenvalue weighted by Crippen LogP contribution is -2.26. The predicted molar refractivity (Wildman–Crippen MR) is 115 cm³/mol. The van der Waals surface area contributed by atoms with E-state index in [9.17, 15) is 22.8 Å². The van der Waals surface area contributed by atoms with E-state index >= 15 is 0 Å². The molecule has 33 heavy (non-hydrogen) atoms. The Morgan fingerprint density at radius 1 is 1.15 bits per heavy atom. The highest BCUT2D eigenvalue weighted by molar-refractivity contribution is 6.03. The first-order chi connectivity index (χ1) is 15.7. The zero-order valence-electron chi connectivity index (χ0n) is 18.1. The Morgan fingerprint density at radius 2 is 1.85 bits per heavy atom. The molecule has 0 aliphatic heterocycles. The minimum atomic E-state index is -4.58. The molecule has 1 saturated carbocycles. The number of carbonyl (C=O) groups excluding carboxylic acids is 2. The number of aromatic nitrogens is 4. The Labute approximate surface area is 187 Å². The van der Waals surface area contributed by atoms with Gasteiger partial charge in [-0.15, -0.1) is 0 Å². The van der Waals surface area contributed by atoms with Crippen molar-refractivity contribution in [3.63, 3.8) is 0 Å². The zero-order chi connectivity index (χ0) is 23.8. The summed E-state index contributed by atoms with van der Waals surface area (Å²) in [6.07, 6.45) is -1.50. The minimum Gasteiger partial charge on any atom is -0.324 e. The first kappa shape index (κ1) is 22.6. The van der Waals surface area contributed by atoms with Gasteiger partial charge in [0.25, 0.3) is 5.91 Å². The Kier molecular flexibility index (Phi) is 5.96.